The number of hydrogen-bond donors (Lipinski definition) is 0. The lowest BCUT2D eigenvalue weighted by molar-refractivity contribution is 0.0598. The standard InChI is InChI=1S/C15H23O4Si/c1-15(2,3)12-11(17-4)9-8-10(14(16)18-5)13(12)19-20(6)7/h8-9H,1-7H3. The van der Waals surface area contributed by atoms with Crippen molar-refractivity contribution in [3.8, 4) is 11.5 Å². The van der Waals surface area contributed by atoms with E-state index in [1.54, 1.807) is 19.2 Å². The number of carbonyl (C=O) groups excluding carboxylic acids is 1. The monoisotopic (exact) mass is 295 g/mol. The van der Waals surface area contributed by atoms with E-state index in [4.69, 9.17) is 13.9 Å². The number of esters is 1. The molecule has 0 saturated heterocycles. The lowest BCUT2D eigenvalue weighted by atomic mass is 9.84. The zero-order valence-corrected chi connectivity index (χ0v) is 14.3. The summed E-state index contributed by atoms with van der Waals surface area (Å²) in [4.78, 5) is 12.0. The van der Waals surface area contributed by atoms with Crippen molar-refractivity contribution >= 4 is 15.0 Å². The lowest BCUT2D eigenvalue weighted by Gasteiger charge is -2.27. The minimum absolute atomic E-state index is 0.206. The average Bonchev–Trinajstić information content (AvgIpc) is 2.35. The van der Waals surface area contributed by atoms with Crippen molar-refractivity contribution in [3.05, 3.63) is 23.3 Å². The molecule has 0 aliphatic heterocycles. The van der Waals surface area contributed by atoms with Gasteiger partial charge in [-0.2, -0.15) is 0 Å². The molecule has 0 fully saturated rings. The van der Waals surface area contributed by atoms with Gasteiger partial charge in [0.25, 0.3) is 9.04 Å². The Morgan fingerprint density at radius 1 is 1.15 bits per heavy atom. The number of hydrogen-bond acceptors (Lipinski definition) is 4. The van der Waals surface area contributed by atoms with Crippen LogP contribution in [0.5, 0.6) is 11.5 Å². The molecule has 0 heterocycles. The van der Waals surface area contributed by atoms with Crippen LogP contribution in [0.25, 0.3) is 0 Å². The summed E-state index contributed by atoms with van der Waals surface area (Å²) in [6.07, 6.45) is 0. The molecule has 0 amide bonds. The fourth-order valence-electron chi connectivity index (χ4n) is 2.03. The molecule has 1 radical (unpaired) electrons. The maximum absolute atomic E-state index is 12.0. The van der Waals surface area contributed by atoms with E-state index in [-0.39, 0.29) is 5.41 Å². The highest BCUT2D eigenvalue weighted by Crippen LogP contribution is 2.41. The van der Waals surface area contributed by atoms with Crippen LogP contribution in [0.1, 0.15) is 36.7 Å². The Kier molecular flexibility index (Phi) is 5.22. The second-order valence-electron chi connectivity index (χ2n) is 5.77. The van der Waals surface area contributed by atoms with E-state index < -0.39 is 15.0 Å². The molecular weight excluding hydrogens is 272 g/mol. The van der Waals surface area contributed by atoms with E-state index in [2.05, 4.69) is 20.8 Å². The van der Waals surface area contributed by atoms with Gasteiger partial charge >= 0.3 is 5.97 Å². The van der Waals surface area contributed by atoms with Crippen molar-refractivity contribution < 1.29 is 18.7 Å². The van der Waals surface area contributed by atoms with Crippen LogP contribution in [0, 0.1) is 0 Å². The molecule has 0 bridgehead atoms. The fourth-order valence-corrected chi connectivity index (χ4v) is 2.65. The normalized spacial score (nSPS) is 11.4. The molecule has 111 valence electrons. The number of rotatable bonds is 4. The molecule has 0 aliphatic carbocycles. The van der Waals surface area contributed by atoms with Crippen molar-refractivity contribution in [2.45, 2.75) is 39.3 Å². The van der Waals surface area contributed by atoms with Crippen LogP contribution in [0.15, 0.2) is 12.1 Å². The molecule has 0 unspecified atom stereocenters. The number of methoxy groups -OCH3 is 2. The Morgan fingerprint density at radius 2 is 1.75 bits per heavy atom. The Morgan fingerprint density at radius 3 is 2.15 bits per heavy atom. The topological polar surface area (TPSA) is 44.8 Å². The second-order valence-corrected chi connectivity index (χ2v) is 7.79. The number of ether oxygens (including phenoxy) is 2. The molecule has 0 aromatic heterocycles. The summed E-state index contributed by atoms with van der Waals surface area (Å²) < 4.78 is 16.3. The zero-order valence-electron chi connectivity index (χ0n) is 13.3. The van der Waals surface area contributed by atoms with Gasteiger partial charge in [-0.25, -0.2) is 4.79 Å². The highest BCUT2D eigenvalue weighted by molar-refractivity contribution is 6.49. The third-order valence-electron chi connectivity index (χ3n) is 2.80. The first-order valence-electron chi connectivity index (χ1n) is 6.50. The molecule has 0 aliphatic rings. The van der Waals surface area contributed by atoms with Crippen LogP contribution < -0.4 is 9.16 Å². The van der Waals surface area contributed by atoms with Crippen LogP contribution >= 0.6 is 0 Å². The Labute approximate surface area is 122 Å². The molecule has 1 aromatic rings. The Bertz CT molecular complexity index is 489. The highest BCUT2D eigenvalue weighted by atomic mass is 28.3. The first kappa shape index (κ1) is 16.6. The Balaban J connectivity index is 3.61. The molecule has 0 saturated carbocycles. The van der Waals surface area contributed by atoms with Crippen molar-refractivity contribution in [1.29, 1.82) is 0 Å². The van der Waals surface area contributed by atoms with E-state index in [9.17, 15) is 4.79 Å². The van der Waals surface area contributed by atoms with E-state index in [0.29, 0.717) is 11.3 Å². The van der Waals surface area contributed by atoms with Gasteiger partial charge in [0.15, 0.2) is 0 Å². The molecule has 20 heavy (non-hydrogen) atoms. The largest absolute Gasteiger partial charge is 0.542 e. The summed E-state index contributed by atoms with van der Waals surface area (Å²) in [5, 5.41) is 0. The zero-order chi connectivity index (χ0) is 15.5. The number of benzene rings is 1. The maximum Gasteiger partial charge on any atom is 0.341 e. The van der Waals surface area contributed by atoms with Crippen LogP contribution in [0.3, 0.4) is 0 Å². The fraction of sp³-hybridized carbons (Fsp3) is 0.533. The molecule has 0 atom stereocenters. The van der Waals surface area contributed by atoms with Crippen molar-refractivity contribution in [3.63, 3.8) is 0 Å². The summed E-state index contributed by atoms with van der Waals surface area (Å²) in [5.74, 6) is 0.919. The summed E-state index contributed by atoms with van der Waals surface area (Å²) in [6.45, 7) is 10.2. The van der Waals surface area contributed by atoms with E-state index in [0.717, 1.165) is 11.3 Å². The van der Waals surface area contributed by atoms with Gasteiger partial charge in [0.1, 0.15) is 17.1 Å². The number of carbonyl (C=O) groups is 1. The predicted octanol–water partition coefficient (Wildman–Crippen LogP) is 3.41. The molecular formula is C15H23O4Si. The summed E-state index contributed by atoms with van der Waals surface area (Å²) in [6, 6.07) is 3.48. The molecule has 1 aromatic carbocycles. The van der Waals surface area contributed by atoms with Gasteiger partial charge in [-0.1, -0.05) is 20.8 Å². The molecule has 4 nitrogen and oxygen atoms in total. The third kappa shape index (κ3) is 3.54. The van der Waals surface area contributed by atoms with Gasteiger partial charge < -0.3 is 13.9 Å². The van der Waals surface area contributed by atoms with Crippen LogP contribution in [0.2, 0.25) is 13.1 Å². The first-order chi connectivity index (χ1) is 9.22. The Hall–Kier alpha value is -1.49. The van der Waals surface area contributed by atoms with Crippen molar-refractivity contribution in [2.24, 2.45) is 0 Å². The van der Waals surface area contributed by atoms with Gasteiger partial charge in [-0.05, 0) is 30.6 Å². The molecule has 0 spiro atoms. The quantitative estimate of drug-likeness (QED) is 0.631. The van der Waals surface area contributed by atoms with Gasteiger partial charge in [0.05, 0.1) is 14.2 Å². The summed E-state index contributed by atoms with van der Waals surface area (Å²) in [7, 11) is 1.97. The van der Waals surface area contributed by atoms with Gasteiger partial charge in [-0.15, -0.1) is 0 Å². The third-order valence-corrected chi connectivity index (χ3v) is 3.41. The average molecular weight is 295 g/mol. The van der Waals surface area contributed by atoms with Gasteiger partial charge in [-0.3, -0.25) is 0 Å². The van der Waals surface area contributed by atoms with E-state index >= 15 is 0 Å². The maximum atomic E-state index is 12.0. The first-order valence-corrected chi connectivity index (χ1v) is 8.91. The van der Waals surface area contributed by atoms with E-state index in [1.165, 1.54) is 7.11 Å². The van der Waals surface area contributed by atoms with Crippen LogP contribution in [-0.4, -0.2) is 29.2 Å². The predicted molar refractivity (Wildman–Crippen MR) is 81.1 cm³/mol. The van der Waals surface area contributed by atoms with Crippen molar-refractivity contribution in [2.75, 3.05) is 14.2 Å². The second kappa shape index (κ2) is 6.30. The minimum atomic E-state index is -1.02. The lowest BCUT2D eigenvalue weighted by Crippen LogP contribution is -2.22. The SMILES string of the molecule is COC(=O)c1ccc(OC)c(C(C)(C)C)c1O[Si](C)C. The van der Waals surface area contributed by atoms with E-state index in [1.807, 2.05) is 13.1 Å². The minimum Gasteiger partial charge on any atom is -0.542 e. The van der Waals surface area contributed by atoms with Crippen LogP contribution in [0.4, 0.5) is 0 Å². The summed E-state index contributed by atoms with van der Waals surface area (Å²) >= 11 is 0. The molecule has 0 N–H and O–H groups in total. The molecule has 5 heteroatoms. The molecule has 1 rings (SSSR count). The smallest absolute Gasteiger partial charge is 0.341 e. The van der Waals surface area contributed by atoms with Crippen LogP contribution in [-0.2, 0) is 10.2 Å². The summed E-state index contributed by atoms with van der Waals surface area (Å²) in [5.41, 5.74) is 1.14. The highest BCUT2D eigenvalue weighted by Gasteiger charge is 2.29. The van der Waals surface area contributed by atoms with Crippen molar-refractivity contribution in [1.82, 2.24) is 0 Å². The van der Waals surface area contributed by atoms with Gasteiger partial charge in [0.2, 0.25) is 0 Å². The van der Waals surface area contributed by atoms with Gasteiger partial charge in [0, 0.05) is 5.56 Å².